The molecule has 16 heavy (non-hydrogen) atoms. The van der Waals surface area contributed by atoms with Gasteiger partial charge in [0.2, 0.25) is 0 Å². The zero-order valence-electron chi connectivity index (χ0n) is 8.05. The molecule has 0 aromatic heterocycles. The Morgan fingerprint density at radius 2 is 1.88 bits per heavy atom. The molecule has 1 aromatic carbocycles. The van der Waals surface area contributed by atoms with Crippen LogP contribution in [0.3, 0.4) is 0 Å². The van der Waals surface area contributed by atoms with Crippen molar-refractivity contribution in [1.29, 1.82) is 0 Å². The number of nitrogen functional groups attached to an aromatic ring is 1. The van der Waals surface area contributed by atoms with Gasteiger partial charge in [0, 0.05) is 22.8 Å². The summed E-state index contributed by atoms with van der Waals surface area (Å²) >= 11 is 5.56. The normalized spacial score (nSPS) is 15.9. The molecule has 0 radical (unpaired) electrons. The lowest BCUT2D eigenvalue weighted by molar-refractivity contribution is -0.261. The van der Waals surface area contributed by atoms with E-state index in [1.165, 1.54) is 12.1 Å². The summed E-state index contributed by atoms with van der Waals surface area (Å²) in [6.45, 7) is -1.03. The van der Waals surface area contributed by atoms with E-state index in [-0.39, 0.29) is 10.7 Å². The van der Waals surface area contributed by atoms with Crippen LogP contribution < -0.4 is 11.5 Å². The molecule has 0 aliphatic carbocycles. The zero-order valence-corrected chi connectivity index (χ0v) is 8.81. The first-order chi connectivity index (χ1) is 7.22. The van der Waals surface area contributed by atoms with Crippen LogP contribution in [-0.4, -0.2) is 17.8 Å². The van der Waals surface area contributed by atoms with Crippen LogP contribution in [-0.2, 0) is 5.60 Å². The van der Waals surface area contributed by atoms with Gasteiger partial charge in [-0.1, -0.05) is 11.6 Å². The number of alkyl halides is 3. The maximum absolute atomic E-state index is 12.7. The largest absolute Gasteiger partial charge is 0.422 e. The second kappa shape index (κ2) is 4.12. The van der Waals surface area contributed by atoms with Gasteiger partial charge < -0.3 is 16.6 Å². The van der Waals surface area contributed by atoms with Crippen molar-refractivity contribution in [2.24, 2.45) is 5.73 Å². The summed E-state index contributed by atoms with van der Waals surface area (Å²) in [5.41, 5.74) is 6.42. The Hall–Kier alpha value is -0.980. The molecule has 0 heterocycles. The van der Waals surface area contributed by atoms with Gasteiger partial charge in [0.25, 0.3) is 0 Å². The summed E-state index contributed by atoms with van der Waals surface area (Å²) in [7, 11) is 0. The van der Waals surface area contributed by atoms with Gasteiger partial charge in [-0.2, -0.15) is 13.2 Å². The van der Waals surface area contributed by atoms with E-state index in [4.69, 9.17) is 23.1 Å². The monoisotopic (exact) mass is 254 g/mol. The number of benzene rings is 1. The summed E-state index contributed by atoms with van der Waals surface area (Å²) in [5, 5.41) is 9.59. The van der Waals surface area contributed by atoms with E-state index in [2.05, 4.69) is 0 Å². The zero-order chi connectivity index (χ0) is 12.6. The Balaban J connectivity index is 3.39. The highest BCUT2D eigenvalue weighted by atomic mass is 35.5. The second-order valence-corrected chi connectivity index (χ2v) is 3.73. The summed E-state index contributed by atoms with van der Waals surface area (Å²) < 4.78 is 38.0. The van der Waals surface area contributed by atoms with Gasteiger partial charge in [0.15, 0.2) is 5.60 Å². The van der Waals surface area contributed by atoms with Crippen LogP contribution in [0.1, 0.15) is 5.56 Å². The molecule has 0 saturated heterocycles. The maximum Gasteiger partial charge on any atom is 0.422 e. The van der Waals surface area contributed by atoms with Gasteiger partial charge >= 0.3 is 6.18 Å². The minimum Gasteiger partial charge on any atom is -0.398 e. The summed E-state index contributed by atoms with van der Waals surface area (Å²) in [6.07, 6.45) is -4.92. The number of halogens is 4. The second-order valence-electron chi connectivity index (χ2n) is 3.29. The molecule has 1 atom stereocenters. The molecule has 0 amide bonds. The molecule has 90 valence electrons. The summed E-state index contributed by atoms with van der Waals surface area (Å²) in [4.78, 5) is 0. The topological polar surface area (TPSA) is 72.3 Å². The van der Waals surface area contributed by atoms with Crippen LogP contribution in [0.15, 0.2) is 18.2 Å². The fourth-order valence-corrected chi connectivity index (χ4v) is 1.44. The number of anilines is 1. The Labute approximate surface area is 94.8 Å². The number of nitrogens with two attached hydrogens (primary N) is 2. The number of hydrogen-bond acceptors (Lipinski definition) is 3. The minimum absolute atomic E-state index is 0.0420. The minimum atomic E-state index is -4.92. The molecule has 0 aliphatic rings. The van der Waals surface area contributed by atoms with Crippen molar-refractivity contribution in [1.82, 2.24) is 0 Å². The number of hydrogen-bond donors (Lipinski definition) is 3. The van der Waals surface area contributed by atoms with Crippen molar-refractivity contribution in [2.75, 3.05) is 12.3 Å². The molecule has 0 fully saturated rings. The molecule has 1 rings (SSSR count). The van der Waals surface area contributed by atoms with E-state index < -0.39 is 23.9 Å². The quantitative estimate of drug-likeness (QED) is 0.703. The third kappa shape index (κ3) is 2.09. The molecule has 7 heteroatoms. The standard InChI is InChI=1S/C9H10ClF3N2O/c10-5-1-2-7(15)6(3-5)8(16,4-14)9(11,12)13/h1-3,16H,4,14-15H2. The Bertz CT molecular complexity index is 397. The highest BCUT2D eigenvalue weighted by Gasteiger charge is 2.55. The first-order valence-electron chi connectivity index (χ1n) is 4.27. The fourth-order valence-electron chi connectivity index (χ4n) is 1.27. The van der Waals surface area contributed by atoms with Crippen molar-refractivity contribution in [3.8, 4) is 0 Å². The average molecular weight is 255 g/mol. The van der Waals surface area contributed by atoms with E-state index in [1.54, 1.807) is 0 Å². The first-order valence-corrected chi connectivity index (χ1v) is 4.65. The van der Waals surface area contributed by atoms with Crippen molar-refractivity contribution in [2.45, 2.75) is 11.8 Å². The Morgan fingerprint density at radius 3 is 2.31 bits per heavy atom. The van der Waals surface area contributed by atoms with Gasteiger partial charge in [-0.05, 0) is 18.2 Å². The van der Waals surface area contributed by atoms with Crippen LogP contribution in [0.4, 0.5) is 18.9 Å². The van der Waals surface area contributed by atoms with Crippen LogP contribution in [0.2, 0.25) is 5.02 Å². The lowest BCUT2D eigenvalue weighted by atomic mass is 9.92. The van der Waals surface area contributed by atoms with Gasteiger partial charge in [0.05, 0.1) is 0 Å². The van der Waals surface area contributed by atoms with E-state index >= 15 is 0 Å². The highest BCUT2D eigenvalue weighted by Crippen LogP contribution is 2.41. The van der Waals surface area contributed by atoms with Gasteiger partial charge in [-0.25, -0.2) is 0 Å². The van der Waals surface area contributed by atoms with Crippen molar-refractivity contribution < 1.29 is 18.3 Å². The fraction of sp³-hybridized carbons (Fsp3) is 0.333. The predicted molar refractivity (Wildman–Crippen MR) is 54.9 cm³/mol. The molecule has 1 aromatic rings. The van der Waals surface area contributed by atoms with Crippen molar-refractivity contribution in [3.63, 3.8) is 0 Å². The molecule has 1 unspecified atom stereocenters. The summed E-state index contributed by atoms with van der Waals surface area (Å²) in [6, 6.07) is 3.47. The van der Waals surface area contributed by atoms with Crippen LogP contribution in [0, 0.1) is 0 Å². The predicted octanol–water partition coefficient (Wildman–Crippen LogP) is 1.63. The van der Waals surface area contributed by atoms with E-state index in [0.29, 0.717) is 0 Å². The first kappa shape index (κ1) is 13.1. The third-order valence-corrected chi connectivity index (χ3v) is 2.46. The molecular formula is C9H10ClF3N2O. The van der Waals surface area contributed by atoms with Crippen LogP contribution in [0.5, 0.6) is 0 Å². The van der Waals surface area contributed by atoms with Gasteiger partial charge in [0.1, 0.15) is 0 Å². The molecule has 5 N–H and O–H groups in total. The lowest BCUT2D eigenvalue weighted by Gasteiger charge is -2.30. The van der Waals surface area contributed by atoms with E-state index in [9.17, 15) is 18.3 Å². The van der Waals surface area contributed by atoms with Gasteiger partial charge in [-0.15, -0.1) is 0 Å². The Morgan fingerprint density at radius 1 is 1.31 bits per heavy atom. The van der Waals surface area contributed by atoms with Gasteiger partial charge in [-0.3, -0.25) is 0 Å². The van der Waals surface area contributed by atoms with Crippen molar-refractivity contribution in [3.05, 3.63) is 28.8 Å². The molecule has 0 saturated carbocycles. The summed E-state index contributed by atoms with van der Waals surface area (Å²) in [5.74, 6) is 0. The highest BCUT2D eigenvalue weighted by molar-refractivity contribution is 6.30. The van der Waals surface area contributed by atoms with Crippen LogP contribution in [0.25, 0.3) is 0 Å². The molecular weight excluding hydrogens is 245 g/mol. The average Bonchev–Trinajstić information content (AvgIpc) is 2.19. The molecule has 0 spiro atoms. The maximum atomic E-state index is 12.7. The molecule has 3 nitrogen and oxygen atoms in total. The molecule has 0 aliphatic heterocycles. The Kier molecular flexibility index (Phi) is 3.37. The third-order valence-electron chi connectivity index (χ3n) is 2.23. The van der Waals surface area contributed by atoms with E-state index in [0.717, 1.165) is 6.07 Å². The number of aliphatic hydroxyl groups is 1. The van der Waals surface area contributed by atoms with E-state index in [1.807, 2.05) is 0 Å². The van der Waals surface area contributed by atoms with Crippen LogP contribution >= 0.6 is 11.6 Å². The number of rotatable bonds is 2. The molecule has 0 bridgehead atoms. The SMILES string of the molecule is NCC(O)(c1cc(Cl)ccc1N)C(F)(F)F. The lowest BCUT2D eigenvalue weighted by Crippen LogP contribution is -2.48. The smallest absolute Gasteiger partial charge is 0.398 e. The van der Waals surface area contributed by atoms with Crippen molar-refractivity contribution >= 4 is 17.3 Å².